The lowest BCUT2D eigenvalue weighted by molar-refractivity contribution is 0.372. The number of hydrogen-bond acceptors (Lipinski definition) is 1. The van der Waals surface area contributed by atoms with E-state index in [0.717, 1.165) is 5.92 Å². The highest BCUT2D eigenvalue weighted by Crippen LogP contribution is 2.25. The third-order valence-corrected chi connectivity index (χ3v) is 4.09. The van der Waals surface area contributed by atoms with Crippen molar-refractivity contribution in [1.82, 2.24) is 5.32 Å². The predicted octanol–water partition coefficient (Wildman–Crippen LogP) is 4.11. The summed E-state index contributed by atoms with van der Waals surface area (Å²) in [5.41, 5.74) is 2.94. The van der Waals surface area contributed by atoms with Crippen molar-refractivity contribution in [2.45, 2.75) is 39.0 Å². The molecule has 0 unspecified atom stereocenters. The van der Waals surface area contributed by atoms with Gasteiger partial charge >= 0.3 is 0 Å². The Labute approximate surface area is 113 Å². The van der Waals surface area contributed by atoms with E-state index in [9.17, 15) is 0 Å². The summed E-state index contributed by atoms with van der Waals surface area (Å²) in [4.78, 5) is 0. The zero-order chi connectivity index (χ0) is 12.3. The molecule has 1 aliphatic heterocycles. The van der Waals surface area contributed by atoms with Gasteiger partial charge in [-0.2, -0.15) is 0 Å². The largest absolute Gasteiger partial charge is 0.317 e. The van der Waals surface area contributed by atoms with Crippen LogP contribution in [0.1, 0.15) is 43.7 Å². The molecule has 1 aromatic rings. The van der Waals surface area contributed by atoms with Gasteiger partial charge in [-0.1, -0.05) is 35.8 Å². The second-order valence-electron chi connectivity index (χ2n) is 5.45. The summed E-state index contributed by atoms with van der Waals surface area (Å²) in [5, 5.41) is 3.43. The van der Waals surface area contributed by atoms with E-state index in [0.29, 0.717) is 5.92 Å². The molecule has 1 nitrogen and oxygen atoms in total. The molecule has 0 atom stereocenters. The van der Waals surface area contributed by atoms with Crippen LogP contribution < -0.4 is 5.32 Å². The summed E-state index contributed by atoms with van der Waals surface area (Å²) in [5.74, 6) is 1.48. The normalized spacial score (nSPS) is 17.6. The highest BCUT2D eigenvalue weighted by atomic mass is 79.9. The Morgan fingerprint density at radius 1 is 1.24 bits per heavy atom. The van der Waals surface area contributed by atoms with Gasteiger partial charge in [0.1, 0.15) is 0 Å². The van der Waals surface area contributed by atoms with Crippen LogP contribution in [0.4, 0.5) is 0 Å². The van der Waals surface area contributed by atoms with Crippen LogP contribution in [0, 0.1) is 5.92 Å². The van der Waals surface area contributed by atoms with Crippen LogP contribution in [0.5, 0.6) is 0 Å². The van der Waals surface area contributed by atoms with Crippen LogP contribution >= 0.6 is 15.9 Å². The van der Waals surface area contributed by atoms with Crippen molar-refractivity contribution >= 4 is 15.9 Å². The van der Waals surface area contributed by atoms with Crippen LogP contribution in [0.25, 0.3) is 0 Å². The zero-order valence-corrected chi connectivity index (χ0v) is 12.4. The Bertz CT molecular complexity index is 367. The Morgan fingerprint density at radius 3 is 2.59 bits per heavy atom. The van der Waals surface area contributed by atoms with Gasteiger partial charge < -0.3 is 5.32 Å². The van der Waals surface area contributed by atoms with Gasteiger partial charge in [-0.15, -0.1) is 0 Å². The zero-order valence-electron chi connectivity index (χ0n) is 10.8. The summed E-state index contributed by atoms with van der Waals surface area (Å²) in [6, 6.07) is 6.92. The van der Waals surface area contributed by atoms with Crippen molar-refractivity contribution in [2.24, 2.45) is 5.92 Å². The molecule has 0 bridgehead atoms. The van der Waals surface area contributed by atoms with E-state index in [1.54, 1.807) is 0 Å². The van der Waals surface area contributed by atoms with Crippen LogP contribution in [-0.4, -0.2) is 13.1 Å². The highest BCUT2D eigenvalue weighted by molar-refractivity contribution is 9.10. The summed E-state index contributed by atoms with van der Waals surface area (Å²) >= 11 is 3.63. The van der Waals surface area contributed by atoms with Crippen molar-refractivity contribution < 1.29 is 0 Å². The molecule has 1 saturated heterocycles. The molecule has 2 heteroatoms. The van der Waals surface area contributed by atoms with Gasteiger partial charge in [-0.05, 0) is 67.4 Å². The van der Waals surface area contributed by atoms with E-state index < -0.39 is 0 Å². The number of rotatable bonds is 3. The molecule has 94 valence electrons. The van der Waals surface area contributed by atoms with Crippen molar-refractivity contribution in [3.63, 3.8) is 0 Å². The summed E-state index contributed by atoms with van der Waals surface area (Å²) in [6.07, 6.45) is 3.88. The number of halogens is 1. The minimum atomic E-state index is 0.610. The van der Waals surface area contributed by atoms with Crippen molar-refractivity contribution in [3.8, 4) is 0 Å². The first kappa shape index (κ1) is 13.1. The van der Waals surface area contributed by atoms with Crippen molar-refractivity contribution in [2.75, 3.05) is 13.1 Å². The SMILES string of the molecule is CC(C)c1cc(Br)cc(CC2CCNCC2)c1. The lowest BCUT2D eigenvalue weighted by Gasteiger charge is -2.23. The van der Waals surface area contributed by atoms with E-state index >= 15 is 0 Å². The number of piperidine rings is 1. The van der Waals surface area contributed by atoms with Gasteiger partial charge in [0.25, 0.3) is 0 Å². The molecule has 2 rings (SSSR count). The summed E-state index contributed by atoms with van der Waals surface area (Å²) in [7, 11) is 0. The third kappa shape index (κ3) is 3.82. The Balaban J connectivity index is 2.09. The molecule has 0 aliphatic carbocycles. The standard InChI is InChI=1S/C15H22BrN/c1-11(2)14-8-13(9-15(16)10-14)7-12-3-5-17-6-4-12/h8-12,17H,3-7H2,1-2H3. The van der Waals surface area contributed by atoms with Crippen molar-refractivity contribution in [3.05, 3.63) is 33.8 Å². The van der Waals surface area contributed by atoms with Gasteiger partial charge in [0.15, 0.2) is 0 Å². The Kier molecular flexibility index (Phi) is 4.63. The predicted molar refractivity (Wildman–Crippen MR) is 77.5 cm³/mol. The smallest absolute Gasteiger partial charge is 0.0180 e. The average Bonchev–Trinajstić information content (AvgIpc) is 2.29. The quantitative estimate of drug-likeness (QED) is 0.885. The third-order valence-electron chi connectivity index (χ3n) is 3.63. The van der Waals surface area contributed by atoms with E-state index in [1.807, 2.05) is 0 Å². The van der Waals surface area contributed by atoms with E-state index in [1.165, 1.54) is 48.0 Å². The maximum atomic E-state index is 3.63. The minimum Gasteiger partial charge on any atom is -0.317 e. The van der Waals surface area contributed by atoms with E-state index in [4.69, 9.17) is 0 Å². The molecule has 0 spiro atoms. The highest BCUT2D eigenvalue weighted by Gasteiger charge is 2.14. The Hall–Kier alpha value is -0.340. The molecule has 1 fully saturated rings. The monoisotopic (exact) mass is 295 g/mol. The maximum absolute atomic E-state index is 3.63. The number of hydrogen-bond donors (Lipinski definition) is 1. The molecular formula is C15H22BrN. The Morgan fingerprint density at radius 2 is 1.94 bits per heavy atom. The second-order valence-corrected chi connectivity index (χ2v) is 6.36. The molecule has 0 saturated carbocycles. The summed E-state index contributed by atoms with van der Waals surface area (Å²) < 4.78 is 1.23. The average molecular weight is 296 g/mol. The lowest BCUT2D eigenvalue weighted by Crippen LogP contribution is -2.28. The molecule has 1 aliphatic rings. The first-order valence-corrected chi connectivity index (χ1v) is 7.44. The molecule has 1 heterocycles. The minimum absolute atomic E-state index is 0.610. The summed E-state index contributed by atoms with van der Waals surface area (Å²) in [6.45, 7) is 6.90. The molecule has 1 aromatic carbocycles. The first-order valence-electron chi connectivity index (χ1n) is 6.65. The van der Waals surface area contributed by atoms with Gasteiger partial charge in [0, 0.05) is 4.47 Å². The van der Waals surface area contributed by atoms with Crippen LogP contribution in [-0.2, 0) is 6.42 Å². The maximum Gasteiger partial charge on any atom is 0.0180 e. The molecule has 0 amide bonds. The molecule has 0 radical (unpaired) electrons. The number of nitrogens with one attached hydrogen (secondary N) is 1. The number of benzene rings is 1. The second kappa shape index (κ2) is 6.01. The fourth-order valence-corrected chi connectivity index (χ4v) is 3.10. The fourth-order valence-electron chi connectivity index (χ4n) is 2.55. The molecular weight excluding hydrogens is 274 g/mol. The van der Waals surface area contributed by atoms with E-state index in [2.05, 4.69) is 53.3 Å². The lowest BCUT2D eigenvalue weighted by atomic mass is 9.89. The van der Waals surface area contributed by atoms with Gasteiger partial charge in [-0.3, -0.25) is 0 Å². The molecule has 0 aromatic heterocycles. The topological polar surface area (TPSA) is 12.0 Å². The van der Waals surface area contributed by atoms with E-state index in [-0.39, 0.29) is 0 Å². The first-order chi connectivity index (χ1) is 8.15. The van der Waals surface area contributed by atoms with Gasteiger partial charge in [0.2, 0.25) is 0 Å². The van der Waals surface area contributed by atoms with Crippen LogP contribution in [0.15, 0.2) is 22.7 Å². The van der Waals surface area contributed by atoms with Crippen LogP contribution in [0.3, 0.4) is 0 Å². The molecule has 1 N–H and O–H groups in total. The fraction of sp³-hybridized carbons (Fsp3) is 0.600. The molecule has 17 heavy (non-hydrogen) atoms. The van der Waals surface area contributed by atoms with Crippen LogP contribution in [0.2, 0.25) is 0 Å². The van der Waals surface area contributed by atoms with Gasteiger partial charge in [0.05, 0.1) is 0 Å². The van der Waals surface area contributed by atoms with Gasteiger partial charge in [-0.25, -0.2) is 0 Å². The van der Waals surface area contributed by atoms with Crippen molar-refractivity contribution in [1.29, 1.82) is 0 Å².